The summed E-state index contributed by atoms with van der Waals surface area (Å²) in [6, 6.07) is 0.314. The fourth-order valence-corrected chi connectivity index (χ4v) is 2.96. The molecule has 0 saturated carbocycles. The topological polar surface area (TPSA) is 19.0 Å². The van der Waals surface area contributed by atoms with E-state index in [0.29, 0.717) is 6.04 Å². The average molecular weight is 317 g/mol. The fourth-order valence-electron chi connectivity index (χ4n) is 2.96. The number of likely N-dealkylation sites (N-methyl/N-ethyl adjacent to an activating group) is 1. The molecule has 0 aromatic carbocycles. The van der Waals surface area contributed by atoms with Gasteiger partial charge in [0, 0.05) is 23.5 Å². The minimum absolute atomic E-state index is 0.0914. The minimum atomic E-state index is 0.0914. The van der Waals surface area contributed by atoms with Crippen LogP contribution in [0.15, 0.2) is 24.9 Å². The predicted octanol–water partition coefficient (Wildman–Crippen LogP) is 5.46. The van der Waals surface area contributed by atoms with Crippen LogP contribution in [0.3, 0.4) is 0 Å². The van der Waals surface area contributed by atoms with E-state index >= 15 is 0 Å². The van der Waals surface area contributed by atoms with E-state index in [9.17, 15) is 0 Å². The van der Waals surface area contributed by atoms with Crippen LogP contribution in [0.2, 0.25) is 0 Å². The maximum atomic E-state index is 4.47. The molecule has 0 radical (unpaired) electrons. The third-order valence-corrected chi connectivity index (χ3v) is 4.98. The number of nitrogens with one attached hydrogen (secondary N) is 1. The van der Waals surface area contributed by atoms with Gasteiger partial charge in [-0.2, -0.15) is 0 Å². The molecule has 0 saturated heterocycles. The van der Waals surface area contributed by atoms with Crippen LogP contribution in [-0.2, 0) is 12.8 Å². The molecule has 0 fully saturated rings. The number of nitrogens with zero attached hydrogens (tertiary/aromatic N) is 1. The summed E-state index contributed by atoms with van der Waals surface area (Å²) < 4.78 is 0. The van der Waals surface area contributed by atoms with Crippen molar-refractivity contribution >= 4 is 6.08 Å². The van der Waals surface area contributed by atoms with Crippen molar-refractivity contribution in [2.24, 2.45) is 5.41 Å². The average Bonchev–Trinajstić information content (AvgIpc) is 2.82. The Morgan fingerprint density at radius 3 is 2.22 bits per heavy atom. The van der Waals surface area contributed by atoms with Gasteiger partial charge in [0.2, 0.25) is 0 Å². The summed E-state index contributed by atoms with van der Waals surface area (Å²) in [5.41, 5.74) is 5.40. The first-order chi connectivity index (χ1) is 10.4. The fraction of sp³-hybridized carbons (Fsp3) is 0.619. The Kier molecular flexibility index (Phi) is 6.09. The molecule has 0 amide bonds. The molecule has 1 aromatic heterocycles. The summed E-state index contributed by atoms with van der Waals surface area (Å²) in [5.74, 6) is 0. The number of aromatic amines is 1. The molecule has 2 heteroatoms. The second-order valence-electron chi connectivity index (χ2n) is 8.54. The lowest BCUT2D eigenvalue weighted by atomic mass is 9.79. The molecular formula is C21H36N2. The molecule has 0 aliphatic carbocycles. The van der Waals surface area contributed by atoms with Gasteiger partial charge < -0.3 is 4.98 Å². The van der Waals surface area contributed by atoms with Crippen molar-refractivity contribution in [3.8, 4) is 0 Å². The summed E-state index contributed by atoms with van der Waals surface area (Å²) in [4.78, 5) is 5.83. The second-order valence-corrected chi connectivity index (χ2v) is 8.54. The first kappa shape index (κ1) is 19.8. The van der Waals surface area contributed by atoms with Crippen molar-refractivity contribution in [3.63, 3.8) is 0 Å². The lowest BCUT2D eigenvalue weighted by Crippen LogP contribution is -2.48. The molecule has 1 atom stereocenters. The molecule has 0 spiro atoms. The Labute approximate surface area is 143 Å². The zero-order chi connectivity index (χ0) is 18.0. The lowest BCUT2D eigenvalue weighted by molar-refractivity contribution is 0.123. The third kappa shape index (κ3) is 4.60. The van der Waals surface area contributed by atoms with E-state index in [1.165, 1.54) is 16.7 Å². The van der Waals surface area contributed by atoms with Gasteiger partial charge in [0.25, 0.3) is 0 Å². The van der Waals surface area contributed by atoms with Crippen LogP contribution < -0.4 is 0 Å². The number of rotatable bonds is 6. The van der Waals surface area contributed by atoms with Gasteiger partial charge in [-0.05, 0) is 63.3 Å². The lowest BCUT2D eigenvalue weighted by Gasteiger charge is -2.43. The molecule has 0 aliphatic rings. The van der Waals surface area contributed by atoms with Crippen molar-refractivity contribution in [1.82, 2.24) is 9.88 Å². The van der Waals surface area contributed by atoms with E-state index < -0.39 is 0 Å². The largest absolute Gasteiger partial charge is 0.361 e. The Morgan fingerprint density at radius 1 is 1.26 bits per heavy atom. The highest BCUT2D eigenvalue weighted by Crippen LogP contribution is 2.33. The summed E-state index contributed by atoms with van der Waals surface area (Å²) >= 11 is 0. The zero-order valence-corrected chi connectivity index (χ0v) is 16.5. The van der Waals surface area contributed by atoms with Crippen LogP contribution in [0.4, 0.5) is 0 Å². The molecule has 0 aliphatic heterocycles. The second kappa shape index (κ2) is 7.09. The first-order valence-corrected chi connectivity index (χ1v) is 8.67. The molecule has 23 heavy (non-hydrogen) atoms. The number of hydrogen-bond acceptors (Lipinski definition) is 1. The molecule has 1 N–H and O–H groups in total. The number of H-pyrrole nitrogens is 1. The van der Waals surface area contributed by atoms with E-state index in [-0.39, 0.29) is 11.0 Å². The molecule has 2 nitrogen and oxygen atoms in total. The molecule has 1 unspecified atom stereocenters. The SMILES string of the molecule is C=Cc1[nH]cc(CC(C(=C)C(C)(C)C)N(C)C(C)(C)C)c1CC. The highest BCUT2D eigenvalue weighted by Gasteiger charge is 2.32. The van der Waals surface area contributed by atoms with Gasteiger partial charge in [-0.15, -0.1) is 0 Å². The van der Waals surface area contributed by atoms with Gasteiger partial charge in [0.1, 0.15) is 0 Å². The van der Waals surface area contributed by atoms with Crippen LogP contribution >= 0.6 is 0 Å². The molecule has 0 bridgehead atoms. The van der Waals surface area contributed by atoms with E-state index in [0.717, 1.165) is 18.5 Å². The molecule has 1 heterocycles. The zero-order valence-electron chi connectivity index (χ0n) is 16.5. The highest BCUT2D eigenvalue weighted by atomic mass is 15.2. The van der Waals surface area contributed by atoms with Crippen LogP contribution in [0.1, 0.15) is 65.3 Å². The van der Waals surface area contributed by atoms with E-state index in [4.69, 9.17) is 0 Å². The molecule has 1 rings (SSSR count). The van der Waals surface area contributed by atoms with Crippen LogP contribution in [-0.4, -0.2) is 28.5 Å². The van der Waals surface area contributed by atoms with Gasteiger partial charge in [-0.3, -0.25) is 4.90 Å². The summed E-state index contributed by atoms with van der Waals surface area (Å²) in [6.07, 6.45) is 6.07. The van der Waals surface area contributed by atoms with Crippen LogP contribution in [0, 0.1) is 5.41 Å². The van der Waals surface area contributed by atoms with Crippen molar-refractivity contribution in [1.29, 1.82) is 0 Å². The highest BCUT2D eigenvalue weighted by molar-refractivity contribution is 5.51. The Balaban J connectivity index is 3.24. The Bertz CT molecular complexity index is 549. The summed E-state index contributed by atoms with van der Waals surface area (Å²) in [7, 11) is 2.22. The van der Waals surface area contributed by atoms with Gasteiger partial charge in [0.15, 0.2) is 0 Å². The van der Waals surface area contributed by atoms with E-state index in [1.807, 2.05) is 6.08 Å². The van der Waals surface area contributed by atoms with Crippen LogP contribution in [0.25, 0.3) is 6.08 Å². The molecule has 130 valence electrons. The first-order valence-electron chi connectivity index (χ1n) is 8.67. The van der Waals surface area contributed by atoms with Gasteiger partial charge in [-0.1, -0.05) is 46.4 Å². The van der Waals surface area contributed by atoms with Gasteiger partial charge >= 0.3 is 0 Å². The Hall–Kier alpha value is -1.28. The minimum Gasteiger partial charge on any atom is -0.361 e. The van der Waals surface area contributed by atoms with Crippen molar-refractivity contribution in [2.45, 2.75) is 72.9 Å². The van der Waals surface area contributed by atoms with Gasteiger partial charge in [-0.25, -0.2) is 0 Å². The van der Waals surface area contributed by atoms with Crippen molar-refractivity contribution in [3.05, 3.63) is 41.7 Å². The van der Waals surface area contributed by atoms with Gasteiger partial charge in [0.05, 0.1) is 0 Å². The maximum absolute atomic E-state index is 4.47. The normalized spacial score (nSPS) is 14.1. The summed E-state index contributed by atoms with van der Waals surface area (Å²) in [6.45, 7) is 24.2. The number of aromatic nitrogens is 1. The van der Waals surface area contributed by atoms with E-state index in [1.54, 1.807) is 0 Å². The molecular weight excluding hydrogens is 280 g/mol. The molecule has 1 aromatic rings. The predicted molar refractivity (Wildman–Crippen MR) is 104 cm³/mol. The third-order valence-electron chi connectivity index (χ3n) is 4.98. The quantitative estimate of drug-likeness (QED) is 0.690. The number of hydrogen-bond donors (Lipinski definition) is 1. The smallest absolute Gasteiger partial charge is 0.0409 e. The summed E-state index contributed by atoms with van der Waals surface area (Å²) in [5, 5.41) is 0. The van der Waals surface area contributed by atoms with E-state index in [2.05, 4.69) is 84.8 Å². The van der Waals surface area contributed by atoms with Crippen molar-refractivity contribution in [2.75, 3.05) is 7.05 Å². The Morgan fingerprint density at radius 2 is 1.83 bits per heavy atom. The standard InChI is InChI=1S/C21H36N2/c1-11-17-16(14-22-18(17)12-2)13-19(15(3)20(4,5)6)23(10)21(7,8)9/h12,14,19,22H,2-3,11,13H2,1,4-10H3. The maximum Gasteiger partial charge on any atom is 0.0409 e. The van der Waals surface area contributed by atoms with Crippen LogP contribution in [0.5, 0.6) is 0 Å². The monoisotopic (exact) mass is 316 g/mol. The van der Waals surface area contributed by atoms with Crippen molar-refractivity contribution < 1.29 is 0 Å².